The molecule has 0 atom stereocenters. The van der Waals surface area contributed by atoms with Gasteiger partial charge in [-0.1, -0.05) is 0 Å². The summed E-state index contributed by atoms with van der Waals surface area (Å²) < 4.78 is 28.3. The minimum atomic E-state index is -0.743. The molecule has 1 aromatic carbocycles. The summed E-state index contributed by atoms with van der Waals surface area (Å²) in [4.78, 5) is 0. The average molecular weight is 224 g/mol. The largest absolute Gasteiger partial charge is 0.392 e. The average Bonchev–Trinajstić information content (AvgIpc) is 2.63. The van der Waals surface area contributed by atoms with Gasteiger partial charge in [0.2, 0.25) is 0 Å². The normalized spacial score (nSPS) is 10.8. The maximum absolute atomic E-state index is 13.6. The van der Waals surface area contributed by atoms with Crippen LogP contribution in [0.25, 0.3) is 5.69 Å². The van der Waals surface area contributed by atoms with Gasteiger partial charge in [-0.15, -0.1) is 0 Å². The van der Waals surface area contributed by atoms with Crippen molar-refractivity contribution < 1.29 is 13.9 Å². The fourth-order valence-corrected chi connectivity index (χ4v) is 1.46. The number of halogens is 2. The van der Waals surface area contributed by atoms with E-state index < -0.39 is 18.2 Å². The van der Waals surface area contributed by atoms with Crippen LogP contribution in [0, 0.1) is 18.6 Å². The number of nitrogens with zero attached hydrogens (tertiary/aromatic N) is 2. The Balaban J connectivity index is 2.57. The summed E-state index contributed by atoms with van der Waals surface area (Å²) in [5, 5.41) is 12.6. The molecule has 16 heavy (non-hydrogen) atoms. The van der Waals surface area contributed by atoms with Crippen molar-refractivity contribution in [1.82, 2.24) is 9.78 Å². The van der Waals surface area contributed by atoms with E-state index in [0.717, 1.165) is 22.4 Å². The second kappa shape index (κ2) is 4.02. The van der Waals surface area contributed by atoms with Crippen LogP contribution in [0.15, 0.2) is 24.5 Å². The molecule has 2 rings (SSSR count). The third kappa shape index (κ3) is 1.81. The van der Waals surface area contributed by atoms with E-state index in [1.54, 1.807) is 6.92 Å². The van der Waals surface area contributed by atoms with Gasteiger partial charge in [0.25, 0.3) is 0 Å². The lowest BCUT2D eigenvalue weighted by Crippen LogP contribution is -2.03. The number of aliphatic hydroxyl groups is 1. The molecule has 0 aliphatic rings. The van der Waals surface area contributed by atoms with Gasteiger partial charge < -0.3 is 5.11 Å². The van der Waals surface area contributed by atoms with Gasteiger partial charge >= 0.3 is 0 Å². The Labute approximate surface area is 91.0 Å². The predicted molar refractivity (Wildman–Crippen MR) is 54.1 cm³/mol. The number of aromatic nitrogens is 2. The third-order valence-electron chi connectivity index (χ3n) is 2.20. The van der Waals surface area contributed by atoms with Gasteiger partial charge in [0.1, 0.15) is 5.69 Å². The molecule has 1 N–H and O–H groups in total. The number of hydrogen-bond acceptors (Lipinski definition) is 2. The van der Waals surface area contributed by atoms with E-state index in [1.807, 2.05) is 0 Å². The quantitative estimate of drug-likeness (QED) is 0.846. The third-order valence-corrected chi connectivity index (χ3v) is 2.20. The van der Waals surface area contributed by atoms with E-state index in [1.165, 1.54) is 12.4 Å². The number of aliphatic hydroxyl groups excluding tert-OH is 1. The molecule has 0 saturated heterocycles. The number of hydrogen-bond donors (Lipinski definition) is 1. The summed E-state index contributed by atoms with van der Waals surface area (Å²) in [6, 6.07) is 2.19. The molecule has 0 aliphatic carbocycles. The van der Waals surface area contributed by atoms with Crippen molar-refractivity contribution in [3.05, 3.63) is 47.3 Å². The first-order chi connectivity index (χ1) is 7.61. The first kappa shape index (κ1) is 10.8. The van der Waals surface area contributed by atoms with Crippen LogP contribution >= 0.6 is 0 Å². The highest BCUT2D eigenvalue weighted by Gasteiger charge is 2.13. The zero-order valence-corrected chi connectivity index (χ0v) is 8.61. The highest BCUT2D eigenvalue weighted by Crippen LogP contribution is 2.19. The fourth-order valence-electron chi connectivity index (χ4n) is 1.46. The molecule has 0 fully saturated rings. The second-order valence-electron chi connectivity index (χ2n) is 3.53. The van der Waals surface area contributed by atoms with Gasteiger partial charge in [0.15, 0.2) is 11.6 Å². The zero-order valence-electron chi connectivity index (χ0n) is 8.61. The molecule has 3 nitrogen and oxygen atoms in total. The van der Waals surface area contributed by atoms with E-state index >= 15 is 0 Å². The lowest BCUT2D eigenvalue weighted by molar-refractivity contribution is 0.280. The number of benzene rings is 1. The first-order valence-corrected chi connectivity index (χ1v) is 4.72. The Hall–Kier alpha value is -1.75. The summed E-state index contributed by atoms with van der Waals surface area (Å²) in [6.45, 7) is 1.38. The Kier molecular flexibility index (Phi) is 2.70. The van der Waals surface area contributed by atoms with Crippen LogP contribution in [-0.4, -0.2) is 14.9 Å². The zero-order chi connectivity index (χ0) is 11.7. The van der Waals surface area contributed by atoms with Crippen LogP contribution in [0.4, 0.5) is 8.78 Å². The van der Waals surface area contributed by atoms with Crippen molar-refractivity contribution in [3.8, 4) is 5.69 Å². The monoisotopic (exact) mass is 224 g/mol. The predicted octanol–water partition coefficient (Wildman–Crippen LogP) is 1.95. The highest BCUT2D eigenvalue weighted by atomic mass is 19.1. The molecular formula is C11H10F2N2O. The molecule has 0 radical (unpaired) electrons. The molecule has 1 aromatic heterocycles. The molecule has 0 amide bonds. The van der Waals surface area contributed by atoms with E-state index in [9.17, 15) is 8.78 Å². The van der Waals surface area contributed by atoms with Gasteiger partial charge in [-0.3, -0.25) is 0 Å². The van der Waals surface area contributed by atoms with Crippen LogP contribution in [0.3, 0.4) is 0 Å². The summed E-state index contributed by atoms with van der Waals surface area (Å²) in [6.07, 6.45) is 3.04. The van der Waals surface area contributed by atoms with Gasteiger partial charge in [-0.2, -0.15) is 5.10 Å². The Bertz CT molecular complexity index is 499. The topological polar surface area (TPSA) is 38.0 Å². The molecule has 0 saturated carbocycles. The Morgan fingerprint density at radius 1 is 1.31 bits per heavy atom. The SMILES string of the molecule is Cc1cnn(-c2c(F)cc(CO)cc2F)c1. The summed E-state index contributed by atoms with van der Waals surface area (Å²) in [5.74, 6) is -1.49. The standard InChI is InChI=1S/C11H10F2N2O/c1-7-4-14-15(5-7)11-9(12)2-8(6-16)3-10(11)13/h2-5,16H,6H2,1H3. The molecule has 0 spiro atoms. The number of rotatable bonds is 2. The Morgan fingerprint density at radius 2 is 1.94 bits per heavy atom. The van der Waals surface area contributed by atoms with Crippen LogP contribution < -0.4 is 0 Å². The van der Waals surface area contributed by atoms with E-state index in [0.29, 0.717) is 0 Å². The van der Waals surface area contributed by atoms with Crippen molar-refractivity contribution in [2.45, 2.75) is 13.5 Å². The van der Waals surface area contributed by atoms with Crippen LogP contribution in [0.1, 0.15) is 11.1 Å². The lowest BCUT2D eigenvalue weighted by atomic mass is 10.2. The molecule has 2 aromatic rings. The van der Waals surface area contributed by atoms with Gasteiger partial charge in [0, 0.05) is 6.20 Å². The summed E-state index contributed by atoms with van der Waals surface area (Å²) in [7, 11) is 0. The first-order valence-electron chi connectivity index (χ1n) is 4.72. The smallest absolute Gasteiger partial charge is 0.152 e. The molecule has 5 heteroatoms. The van der Waals surface area contributed by atoms with Gasteiger partial charge in [-0.25, -0.2) is 13.5 Å². The maximum Gasteiger partial charge on any atom is 0.152 e. The van der Waals surface area contributed by atoms with Crippen LogP contribution in [-0.2, 0) is 6.61 Å². The second-order valence-corrected chi connectivity index (χ2v) is 3.53. The summed E-state index contributed by atoms with van der Waals surface area (Å²) in [5.41, 5.74) is 0.776. The van der Waals surface area contributed by atoms with Gasteiger partial charge in [-0.05, 0) is 30.2 Å². The summed E-state index contributed by atoms with van der Waals surface area (Å²) >= 11 is 0. The van der Waals surface area contributed by atoms with Crippen molar-refractivity contribution in [3.63, 3.8) is 0 Å². The maximum atomic E-state index is 13.6. The van der Waals surface area contributed by atoms with Crippen LogP contribution in [0.2, 0.25) is 0 Å². The van der Waals surface area contributed by atoms with Crippen molar-refractivity contribution in [2.75, 3.05) is 0 Å². The van der Waals surface area contributed by atoms with Gasteiger partial charge in [0.05, 0.1) is 12.8 Å². The van der Waals surface area contributed by atoms with Crippen molar-refractivity contribution >= 4 is 0 Å². The lowest BCUT2D eigenvalue weighted by Gasteiger charge is -2.06. The van der Waals surface area contributed by atoms with Crippen molar-refractivity contribution in [2.24, 2.45) is 0 Å². The Morgan fingerprint density at radius 3 is 2.38 bits per heavy atom. The minimum absolute atomic E-state index is 0.197. The highest BCUT2D eigenvalue weighted by molar-refractivity contribution is 5.37. The molecule has 0 aliphatic heterocycles. The van der Waals surface area contributed by atoms with Crippen molar-refractivity contribution in [1.29, 1.82) is 0 Å². The minimum Gasteiger partial charge on any atom is -0.392 e. The van der Waals surface area contributed by atoms with E-state index in [2.05, 4.69) is 5.10 Å². The molecule has 1 heterocycles. The van der Waals surface area contributed by atoms with Crippen LogP contribution in [0.5, 0.6) is 0 Å². The van der Waals surface area contributed by atoms with E-state index in [4.69, 9.17) is 5.11 Å². The molecule has 0 unspecified atom stereocenters. The molecular weight excluding hydrogens is 214 g/mol. The molecule has 0 bridgehead atoms. The molecule has 84 valence electrons. The number of aryl methyl sites for hydroxylation is 1. The fraction of sp³-hybridized carbons (Fsp3) is 0.182. The van der Waals surface area contributed by atoms with E-state index in [-0.39, 0.29) is 11.3 Å².